The lowest BCUT2D eigenvalue weighted by atomic mass is 10.2. The van der Waals surface area contributed by atoms with Gasteiger partial charge in [0.1, 0.15) is 0 Å². The van der Waals surface area contributed by atoms with E-state index in [2.05, 4.69) is 17.6 Å². The summed E-state index contributed by atoms with van der Waals surface area (Å²) in [5.74, 6) is -0.173. The molecule has 0 spiro atoms. The highest BCUT2D eigenvalue weighted by Crippen LogP contribution is 2.29. The fourth-order valence-corrected chi connectivity index (χ4v) is 3.17. The molecule has 1 saturated carbocycles. The Balaban J connectivity index is 2.30. The fourth-order valence-electron chi connectivity index (χ4n) is 2.03. The molecule has 2 amide bonds. The number of aliphatic hydroxyl groups excluding tert-OH is 1. The number of urea groups is 1. The van der Waals surface area contributed by atoms with E-state index < -0.39 is 24.6 Å². The number of carboxylic acid groups (broad SMARTS) is 1. The van der Waals surface area contributed by atoms with Crippen LogP contribution in [0.2, 0.25) is 0 Å². The van der Waals surface area contributed by atoms with Crippen molar-refractivity contribution < 1.29 is 19.8 Å². The predicted octanol–water partition coefficient (Wildman–Crippen LogP) is 0.405. The molecule has 0 aliphatic heterocycles. The summed E-state index contributed by atoms with van der Waals surface area (Å²) >= 11 is 1.89. The van der Waals surface area contributed by atoms with Crippen LogP contribution in [-0.2, 0) is 4.79 Å². The molecule has 3 atom stereocenters. The molecule has 0 aromatic carbocycles. The summed E-state index contributed by atoms with van der Waals surface area (Å²) < 4.78 is 0. The van der Waals surface area contributed by atoms with Gasteiger partial charge in [0.25, 0.3) is 0 Å². The zero-order chi connectivity index (χ0) is 13.5. The first-order valence-corrected chi connectivity index (χ1v) is 7.14. The summed E-state index contributed by atoms with van der Waals surface area (Å²) in [6.45, 7) is 1.50. The number of thioether (sulfide) groups is 1. The Kier molecular flexibility index (Phi) is 6.28. The topological polar surface area (TPSA) is 98.7 Å². The van der Waals surface area contributed by atoms with Gasteiger partial charge in [0.2, 0.25) is 0 Å². The number of carbonyl (C=O) groups excluding carboxylic acids is 1. The molecule has 18 heavy (non-hydrogen) atoms. The Morgan fingerprint density at radius 1 is 1.44 bits per heavy atom. The van der Waals surface area contributed by atoms with Crippen LogP contribution in [0, 0.1) is 0 Å². The van der Waals surface area contributed by atoms with Crippen molar-refractivity contribution in [3.8, 4) is 0 Å². The second kappa shape index (κ2) is 7.48. The molecule has 1 aliphatic carbocycles. The zero-order valence-electron chi connectivity index (χ0n) is 10.4. The lowest BCUT2D eigenvalue weighted by Gasteiger charge is -2.16. The summed E-state index contributed by atoms with van der Waals surface area (Å²) in [5, 5.41) is 23.0. The molecule has 0 radical (unpaired) electrons. The van der Waals surface area contributed by atoms with Crippen LogP contribution >= 0.6 is 11.8 Å². The first-order valence-electron chi connectivity index (χ1n) is 6.09. The molecule has 0 aromatic rings. The van der Waals surface area contributed by atoms with Crippen molar-refractivity contribution in [2.75, 3.05) is 12.4 Å². The van der Waals surface area contributed by atoms with Crippen molar-refractivity contribution in [1.29, 1.82) is 0 Å². The Hall–Kier alpha value is -0.950. The van der Waals surface area contributed by atoms with Gasteiger partial charge in [0, 0.05) is 11.3 Å². The lowest BCUT2D eigenvalue weighted by Crippen LogP contribution is -2.50. The van der Waals surface area contributed by atoms with Crippen molar-refractivity contribution in [1.82, 2.24) is 10.6 Å². The zero-order valence-corrected chi connectivity index (χ0v) is 11.2. The van der Waals surface area contributed by atoms with Crippen LogP contribution in [-0.4, -0.2) is 51.9 Å². The predicted molar refractivity (Wildman–Crippen MR) is 69.7 cm³/mol. The molecule has 0 heterocycles. The van der Waals surface area contributed by atoms with E-state index in [1.165, 1.54) is 0 Å². The van der Waals surface area contributed by atoms with Gasteiger partial charge in [0.15, 0.2) is 6.04 Å². The largest absolute Gasteiger partial charge is 0.480 e. The maximum absolute atomic E-state index is 11.5. The van der Waals surface area contributed by atoms with Crippen LogP contribution in [0.1, 0.15) is 26.2 Å². The maximum Gasteiger partial charge on any atom is 0.328 e. The summed E-state index contributed by atoms with van der Waals surface area (Å²) in [6.07, 6.45) is 2.91. The first-order chi connectivity index (χ1) is 8.56. The van der Waals surface area contributed by atoms with Gasteiger partial charge in [-0.1, -0.05) is 6.92 Å². The van der Waals surface area contributed by atoms with Gasteiger partial charge >= 0.3 is 12.0 Å². The number of amides is 2. The molecule has 2 unspecified atom stereocenters. The third-order valence-electron chi connectivity index (χ3n) is 2.91. The summed E-state index contributed by atoms with van der Waals surface area (Å²) in [7, 11) is 0. The van der Waals surface area contributed by atoms with Crippen LogP contribution in [0.5, 0.6) is 0 Å². The SMILES string of the molecule is CCSC1CCC(NC(=O)N[C@@H](CO)C(=O)O)C1. The number of carbonyl (C=O) groups is 2. The minimum Gasteiger partial charge on any atom is -0.480 e. The molecule has 7 heteroatoms. The van der Waals surface area contributed by atoms with E-state index in [1.807, 2.05) is 11.8 Å². The highest BCUT2D eigenvalue weighted by molar-refractivity contribution is 7.99. The van der Waals surface area contributed by atoms with Crippen molar-refractivity contribution >= 4 is 23.8 Å². The van der Waals surface area contributed by atoms with Gasteiger partial charge in [-0.15, -0.1) is 0 Å². The van der Waals surface area contributed by atoms with Gasteiger partial charge in [-0.2, -0.15) is 11.8 Å². The molecule has 0 bridgehead atoms. The Morgan fingerprint density at radius 3 is 2.72 bits per heavy atom. The minimum absolute atomic E-state index is 0.0992. The molecule has 1 fully saturated rings. The molecular weight excluding hydrogens is 256 g/mol. The van der Waals surface area contributed by atoms with E-state index in [1.54, 1.807) is 0 Å². The van der Waals surface area contributed by atoms with Crippen molar-refractivity contribution in [3.05, 3.63) is 0 Å². The van der Waals surface area contributed by atoms with Gasteiger partial charge in [-0.05, 0) is 25.0 Å². The van der Waals surface area contributed by atoms with Crippen LogP contribution < -0.4 is 10.6 Å². The Morgan fingerprint density at radius 2 is 2.17 bits per heavy atom. The average molecular weight is 276 g/mol. The summed E-state index contributed by atoms with van der Waals surface area (Å²) in [5.41, 5.74) is 0. The molecule has 0 aromatic heterocycles. The van der Waals surface area contributed by atoms with Crippen LogP contribution in [0.4, 0.5) is 4.79 Å². The van der Waals surface area contributed by atoms with Crippen molar-refractivity contribution in [2.45, 2.75) is 43.5 Å². The van der Waals surface area contributed by atoms with Gasteiger partial charge < -0.3 is 20.8 Å². The molecule has 104 valence electrons. The van der Waals surface area contributed by atoms with E-state index in [-0.39, 0.29) is 6.04 Å². The van der Waals surface area contributed by atoms with E-state index in [4.69, 9.17) is 10.2 Å². The minimum atomic E-state index is -1.24. The van der Waals surface area contributed by atoms with E-state index in [0.29, 0.717) is 5.25 Å². The number of aliphatic hydroxyl groups is 1. The van der Waals surface area contributed by atoms with E-state index in [0.717, 1.165) is 25.0 Å². The van der Waals surface area contributed by atoms with Gasteiger partial charge in [-0.3, -0.25) is 0 Å². The Bertz CT molecular complexity index is 301. The van der Waals surface area contributed by atoms with Crippen LogP contribution in [0.25, 0.3) is 0 Å². The molecule has 1 aliphatic rings. The summed E-state index contributed by atoms with van der Waals surface area (Å²) in [4.78, 5) is 22.2. The molecular formula is C11H20N2O4S. The maximum atomic E-state index is 11.5. The number of hydrogen-bond donors (Lipinski definition) is 4. The number of hydrogen-bond acceptors (Lipinski definition) is 4. The highest BCUT2D eigenvalue weighted by atomic mass is 32.2. The highest BCUT2D eigenvalue weighted by Gasteiger charge is 2.27. The fraction of sp³-hybridized carbons (Fsp3) is 0.818. The average Bonchev–Trinajstić information content (AvgIpc) is 2.73. The molecule has 4 N–H and O–H groups in total. The number of nitrogens with one attached hydrogen (secondary N) is 2. The first kappa shape index (κ1) is 15.1. The molecule has 0 saturated heterocycles. The van der Waals surface area contributed by atoms with Crippen LogP contribution in [0.3, 0.4) is 0 Å². The Labute approximate surface area is 111 Å². The molecule has 6 nitrogen and oxygen atoms in total. The van der Waals surface area contributed by atoms with Crippen molar-refractivity contribution in [2.24, 2.45) is 0 Å². The number of rotatable bonds is 6. The second-order valence-electron chi connectivity index (χ2n) is 4.28. The van der Waals surface area contributed by atoms with E-state index in [9.17, 15) is 9.59 Å². The standard InChI is InChI=1S/C11H20N2O4S/c1-2-18-8-4-3-7(5-8)12-11(17)13-9(6-14)10(15)16/h7-9,14H,2-6H2,1H3,(H,15,16)(H2,12,13,17)/t7?,8?,9-/m0/s1. The van der Waals surface area contributed by atoms with Crippen LogP contribution in [0.15, 0.2) is 0 Å². The van der Waals surface area contributed by atoms with E-state index >= 15 is 0 Å². The van der Waals surface area contributed by atoms with Crippen molar-refractivity contribution in [3.63, 3.8) is 0 Å². The third-order valence-corrected chi connectivity index (χ3v) is 4.14. The monoisotopic (exact) mass is 276 g/mol. The van der Waals surface area contributed by atoms with Gasteiger partial charge in [0.05, 0.1) is 6.61 Å². The lowest BCUT2D eigenvalue weighted by molar-refractivity contribution is -0.140. The normalized spacial score (nSPS) is 24.6. The number of carboxylic acids is 1. The third kappa shape index (κ3) is 4.73. The van der Waals surface area contributed by atoms with Gasteiger partial charge in [-0.25, -0.2) is 9.59 Å². The summed E-state index contributed by atoms with van der Waals surface area (Å²) in [6, 6.07) is -1.67. The molecule has 1 rings (SSSR count). The number of aliphatic carboxylic acids is 1. The second-order valence-corrected chi connectivity index (χ2v) is 5.86. The quantitative estimate of drug-likeness (QED) is 0.563. The smallest absolute Gasteiger partial charge is 0.328 e.